The lowest BCUT2D eigenvalue weighted by Crippen LogP contribution is -2.67. The van der Waals surface area contributed by atoms with Gasteiger partial charge in [0.05, 0.1) is 17.9 Å². The summed E-state index contributed by atoms with van der Waals surface area (Å²) in [7, 11) is 0. The van der Waals surface area contributed by atoms with Gasteiger partial charge in [0.25, 0.3) is 0 Å². The Labute approximate surface area is 306 Å². The molecule has 288 valence electrons. The highest BCUT2D eigenvalue weighted by molar-refractivity contribution is 5.86. The van der Waals surface area contributed by atoms with Crippen LogP contribution in [0.2, 0.25) is 0 Å². The minimum Gasteiger partial charge on any atom is -0.481 e. The fourth-order valence-corrected chi connectivity index (χ4v) is 13.5. The number of aliphatic hydroxyl groups is 1. The van der Waals surface area contributed by atoms with Gasteiger partial charge in [-0.05, 0) is 135 Å². The summed E-state index contributed by atoms with van der Waals surface area (Å²) in [5.41, 5.74) is 1.45. The fraction of sp³-hybridized carbons (Fsp3) is 0.857. The molecule has 0 aromatic heterocycles. The third-order valence-electron chi connectivity index (χ3n) is 16.4. The molecule has 0 radical (unpaired) electrons. The van der Waals surface area contributed by atoms with E-state index in [1.54, 1.807) is 0 Å². The third kappa shape index (κ3) is 6.91. The van der Waals surface area contributed by atoms with Crippen molar-refractivity contribution in [3.05, 3.63) is 12.2 Å². The highest BCUT2D eigenvalue weighted by atomic mass is 16.4. The minimum atomic E-state index is -1.41. The van der Waals surface area contributed by atoms with Gasteiger partial charge in [0.1, 0.15) is 6.04 Å². The number of hydrogen-bond acceptors (Lipinski definition) is 5. The van der Waals surface area contributed by atoms with Crippen molar-refractivity contribution in [3.8, 4) is 0 Å². The second-order valence-electron chi connectivity index (χ2n) is 19.0. The van der Waals surface area contributed by atoms with Crippen LogP contribution in [0.1, 0.15) is 151 Å². The first kappa shape index (κ1) is 39.8. The molecule has 0 heterocycles. The SMILES string of the molecule is C=C(C)[C@@H]1CC[C@]2(C(=O)NCCCCCCCC(=O)N[C@@H](CC(=O)O)C(=O)O)CC[C@]3(C)[C@H](CCC4[C@@]5(C)CC[C@H](O)C(C)(C)[C@@H]5CC[C@]43C)[C@@H]12. The van der Waals surface area contributed by atoms with Gasteiger partial charge in [-0.1, -0.05) is 66.0 Å². The monoisotopic (exact) mass is 713 g/mol. The molecule has 0 spiro atoms. The molecule has 0 aliphatic heterocycles. The first-order valence-corrected chi connectivity index (χ1v) is 20.2. The summed E-state index contributed by atoms with van der Waals surface area (Å²) in [5, 5.41) is 34.8. The van der Waals surface area contributed by atoms with E-state index in [2.05, 4.69) is 58.8 Å². The van der Waals surface area contributed by atoms with Gasteiger partial charge in [0, 0.05) is 13.0 Å². The highest BCUT2D eigenvalue weighted by Crippen LogP contribution is 2.77. The van der Waals surface area contributed by atoms with E-state index in [1.807, 2.05) is 0 Å². The maximum atomic E-state index is 14.4. The minimum absolute atomic E-state index is 0.0586. The van der Waals surface area contributed by atoms with Crippen molar-refractivity contribution in [1.82, 2.24) is 10.6 Å². The quantitative estimate of drug-likeness (QED) is 0.0923. The number of rotatable bonds is 14. The van der Waals surface area contributed by atoms with Gasteiger partial charge in [-0.2, -0.15) is 0 Å². The summed E-state index contributed by atoms with van der Waals surface area (Å²) in [6.45, 7) is 19.7. The molecule has 5 N–H and O–H groups in total. The molecule has 5 aliphatic carbocycles. The third-order valence-corrected chi connectivity index (χ3v) is 16.4. The van der Waals surface area contributed by atoms with Crippen molar-refractivity contribution in [2.45, 2.75) is 163 Å². The molecule has 5 fully saturated rings. The van der Waals surface area contributed by atoms with Crippen LogP contribution >= 0.6 is 0 Å². The first-order valence-electron chi connectivity index (χ1n) is 20.2. The van der Waals surface area contributed by atoms with Crippen LogP contribution in [0.5, 0.6) is 0 Å². The van der Waals surface area contributed by atoms with Gasteiger partial charge >= 0.3 is 11.9 Å². The van der Waals surface area contributed by atoms with E-state index in [1.165, 1.54) is 31.3 Å². The summed E-state index contributed by atoms with van der Waals surface area (Å²) in [6.07, 6.45) is 14.3. The molecule has 11 atom stereocenters. The first-order chi connectivity index (χ1) is 23.8. The van der Waals surface area contributed by atoms with E-state index < -0.39 is 30.3 Å². The number of aliphatic carboxylic acids is 2. The molecule has 0 saturated heterocycles. The van der Waals surface area contributed by atoms with E-state index in [0.29, 0.717) is 42.6 Å². The van der Waals surface area contributed by atoms with Crippen LogP contribution in [0.15, 0.2) is 12.2 Å². The van der Waals surface area contributed by atoms with Crippen LogP contribution in [0, 0.1) is 56.7 Å². The number of aliphatic hydroxyl groups excluding tert-OH is 1. The van der Waals surface area contributed by atoms with Crippen molar-refractivity contribution < 1.29 is 34.5 Å². The van der Waals surface area contributed by atoms with Crippen molar-refractivity contribution in [3.63, 3.8) is 0 Å². The summed E-state index contributed by atoms with van der Waals surface area (Å²) in [6, 6.07) is -1.41. The molecule has 0 aromatic carbocycles. The summed E-state index contributed by atoms with van der Waals surface area (Å²) in [5.74, 6) is -0.445. The summed E-state index contributed by atoms with van der Waals surface area (Å²) < 4.78 is 0. The number of carboxylic acid groups (broad SMARTS) is 2. The Morgan fingerprint density at radius 3 is 2.14 bits per heavy atom. The van der Waals surface area contributed by atoms with Crippen LogP contribution in [-0.4, -0.2) is 57.8 Å². The molecule has 0 aromatic rings. The van der Waals surface area contributed by atoms with Crippen LogP contribution in [-0.2, 0) is 19.2 Å². The largest absolute Gasteiger partial charge is 0.481 e. The highest BCUT2D eigenvalue weighted by Gasteiger charge is 2.71. The number of carbonyl (C=O) groups excluding carboxylic acids is 2. The molecule has 5 aliphatic rings. The molecular formula is C42H68N2O7. The van der Waals surface area contributed by atoms with Gasteiger partial charge in [-0.15, -0.1) is 0 Å². The van der Waals surface area contributed by atoms with Gasteiger partial charge in [0.2, 0.25) is 11.8 Å². The number of carboxylic acids is 2. The van der Waals surface area contributed by atoms with E-state index in [9.17, 15) is 24.3 Å². The molecule has 1 unspecified atom stereocenters. The number of amides is 2. The molecule has 9 nitrogen and oxygen atoms in total. The van der Waals surface area contributed by atoms with Crippen LogP contribution in [0.25, 0.3) is 0 Å². The van der Waals surface area contributed by atoms with E-state index in [4.69, 9.17) is 10.2 Å². The lowest BCUT2D eigenvalue weighted by Gasteiger charge is -2.72. The average Bonchev–Trinajstić information content (AvgIpc) is 3.45. The summed E-state index contributed by atoms with van der Waals surface area (Å²) >= 11 is 0. The zero-order valence-electron chi connectivity index (χ0n) is 32.5. The second kappa shape index (κ2) is 14.8. The van der Waals surface area contributed by atoms with Crippen molar-refractivity contribution in [2.24, 2.45) is 56.7 Å². The van der Waals surface area contributed by atoms with Crippen molar-refractivity contribution in [1.29, 1.82) is 0 Å². The molecule has 5 saturated carbocycles. The molecule has 0 bridgehead atoms. The van der Waals surface area contributed by atoms with Crippen molar-refractivity contribution >= 4 is 23.8 Å². The Bertz CT molecular complexity index is 1360. The predicted molar refractivity (Wildman–Crippen MR) is 198 cm³/mol. The molecule has 2 amide bonds. The number of unbranched alkanes of at least 4 members (excludes halogenated alkanes) is 4. The normalized spacial score (nSPS) is 40.1. The smallest absolute Gasteiger partial charge is 0.326 e. The Kier molecular flexibility index (Phi) is 11.5. The standard InChI is InChI=1S/C42H68N2O7/c1-26(2)27-16-21-42(37(51)43-24-12-10-8-9-11-13-33(46)44-29(36(49)50)25-34(47)48)23-22-40(6)28(35(27)42)14-15-31-39(5)19-18-32(45)38(3,4)30(39)17-20-41(31,40)7/h27-32,35,45H,1,8-25H2,2-7H3,(H,43,51)(H,44,46)(H,47,48)(H,49,50)/t27-,28+,29-,30-,31?,32-,35+,39-,40+,41+,42-/m0/s1. The Morgan fingerprint density at radius 1 is 0.784 bits per heavy atom. The topological polar surface area (TPSA) is 153 Å². The molecule has 9 heteroatoms. The summed E-state index contributed by atoms with van der Waals surface area (Å²) in [4.78, 5) is 48.6. The zero-order valence-corrected chi connectivity index (χ0v) is 32.5. The Hall–Kier alpha value is -2.42. The van der Waals surface area contributed by atoms with Gasteiger partial charge in [-0.25, -0.2) is 4.79 Å². The molecule has 51 heavy (non-hydrogen) atoms. The Morgan fingerprint density at radius 2 is 1.47 bits per heavy atom. The maximum Gasteiger partial charge on any atom is 0.326 e. The van der Waals surface area contributed by atoms with E-state index in [-0.39, 0.29) is 45.5 Å². The van der Waals surface area contributed by atoms with Crippen LogP contribution in [0.3, 0.4) is 0 Å². The van der Waals surface area contributed by atoms with Gasteiger partial charge < -0.3 is 26.0 Å². The predicted octanol–water partition coefficient (Wildman–Crippen LogP) is 7.51. The molecule has 5 rings (SSSR count). The lowest BCUT2D eigenvalue weighted by molar-refractivity contribution is -0.246. The lowest BCUT2D eigenvalue weighted by atomic mass is 9.32. The number of nitrogens with one attached hydrogen (secondary N) is 2. The molecular weight excluding hydrogens is 644 g/mol. The van der Waals surface area contributed by atoms with Gasteiger partial charge in [-0.3, -0.25) is 14.4 Å². The zero-order chi connectivity index (χ0) is 37.6. The van der Waals surface area contributed by atoms with Crippen LogP contribution < -0.4 is 10.6 Å². The van der Waals surface area contributed by atoms with E-state index >= 15 is 0 Å². The van der Waals surface area contributed by atoms with Crippen LogP contribution in [0.4, 0.5) is 0 Å². The van der Waals surface area contributed by atoms with E-state index in [0.717, 1.165) is 64.2 Å². The average molecular weight is 713 g/mol. The maximum absolute atomic E-state index is 14.4. The number of carbonyl (C=O) groups is 4. The van der Waals surface area contributed by atoms with Crippen molar-refractivity contribution in [2.75, 3.05) is 6.54 Å². The Balaban J connectivity index is 1.18. The number of allylic oxidation sites excluding steroid dienone is 1. The second-order valence-corrected chi connectivity index (χ2v) is 19.0. The number of fused-ring (bicyclic) bond motifs is 7. The number of hydrogen-bond donors (Lipinski definition) is 5. The van der Waals surface area contributed by atoms with Gasteiger partial charge in [0.15, 0.2) is 0 Å². The fourth-order valence-electron chi connectivity index (χ4n) is 13.5.